The molecule has 2 aromatic rings. The fourth-order valence-electron chi connectivity index (χ4n) is 2.05. The van der Waals surface area contributed by atoms with Crippen LogP contribution >= 0.6 is 11.6 Å². The number of aromatic nitrogens is 5. The van der Waals surface area contributed by atoms with Gasteiger partial charge in [-0.05, 0) is 36.9 Å². The Morgan fingerprint density at radius 2 is 1.78 bits per heavy atom. The molecule has 0 amide bonds. The molecule has 1 saturated heterocycles. The van der Waals surface area contributed by atoms with E-state index < -0.39 is 0 Å². The molecule has 94 valence electrons. The monoisotopic (exact) mass is 264 g/mol. The largest absolute Gasteiger partial charge is 0.341 e. The lowest BCUT2D eigenvalue weighted by Crippen LogP contribution is -2.31. The highest BCUT2D eigenvalue weighted by Crippen LogP contribution is 2.17. The Balaban J connectivity index is 1.95. The topological polar surface area (TPSA) is 59.7 Å². The quantitative estimate of drug-likeness (QED) is 0.826. The first kappa shape index (κ1) is 11.4. The molecule has 0 N–H and O–H groups in total. The van der Waals surface area contributed by atoms with E-state index in [1.54, 1.807) is 17.1 Å². The van der Waals surface area contributed by atoms with Crippen LogP contribution in [0.4, 0.5) is 5.95 Å². The van der Waals surface area contributed by atoms with E-state index in [1.807, 2.05) is 6.07 Å². The normalized spacial score (nSPS) is 15.9. The molecular weight excluding hydrogens is 252 g/mol. The van der Waals surface area contributed by atoms with E-state index >= 15 is 0 Å². The van der Waals surface area contributed by atoms with Gasteiger partial charge >= 0.3 is 0 Å². The summed E-state index contributed by atoms with van der Waals surface area (Å²) in [4.78, 5) is 14.8. The van der Waals surface area contributed by atoms with Crippen LogP contribution in [0, 0.1) is 0 Å². The number of halogens is 1. The smallest absolute Gasteiger partial charge is 0.256 e. The van der Waals surface area contributed by atoms with Crippen molar-refractivity contribution in [3.8, 4) is 5.95 Å². The Bertz CT molecular complexity index is 520. The van der Waals surface area contributed by atoms with E-state index in [4.69, 9.17) is 11.6 Å². The summed E-state index contributed by atoms with van der Waals surface area (Å²) in [5.41, 5.74) is 0. The van der Waals surface area contributed by atoms with Crippen molar-refractivity contribution in [2.24, 2.45) is 0 Å². The summed E-state index contributed by atoms with van der Waals surface area (Å²) < 4.78 is 1.58. The van der Waals surface area contributed by atoms with E-state index in [2.05, 4.69) is 25.0 Å². The molecular formula is C11H13ClN6. The minimum Gasteiger partial charge on any atom is -0.341 e. The highest BCUT2D eigenvalue weighted by atomic mass is 35.5. The zero-order valence-electron chi connectivity index (χ0n) is 9.83. The van der Waals surface area contributed by atoms with Crippen LogP contribution < -0.4 is 4.90 Å². The van der Waals surface area contributed by atoms with E-state index in [0.717, 1.165) is 13.1 Å². The third-order valence-corrected chi connectivity index (χ3v) is 3.10. The van der Waals surface area contributed by atoms with Crippen molar-refractivity contribution in [2.75, 3.05) is 18.0 Å². The Morgan fingerprint density at radius 3 is 2.50 bits per heavy atom. The molecule has 0 aromatic carbocycles. The SMILES string of the molecule is Clc1nc(N2CCCCC2)nc(-n2cccn2)n1. The van der Waals surface area contributed by atoms with Gasteiger partial charge in [0.1, 0.15) is 0 Å². The number of nitrogens with zero attached hydrogens (tertiary/aromatic N) is 6. The maximum Gasteiger partial charge on any atom is 0.256 e. The van der Waals surface area contributed by atoms with E-state index in [-0.39, 0.29) is 5.28 Å². The molecule has 1 aliphatic heterocycles. The van der Waals surface area contributed by atoms with Gasteiger partial charge in [-0.25, -0.2) is 4.68 Å². The van der Waals surface area contributed by atoms with Crippen LogP contribution in [0.2, 0.25) is 5.28 Å². The lowest BCUT2D eigenvalue weighted by molar-refractivity contribution is 0.566. The zero-order chi connectivity index (χ0) is 12.4. The molecule has 3 heterocycles. The first-order chi connectivity index (χ1) is 8.83. The molecule has 0 radical (unpaired) electrons. The third-order valence-electron chi connectivity index (χ3n) is 2.93. The molecule has 0 aliphatic carbocycles. The van der Waals surface area contributed by atoms with E-state index in [0.29, 0.717) is 11.9 Å². The van der Waals surface area contributed by atoms with Gasteiger partial charge in [0.15, 0.2) is 0 Å². The molecule has 2 aromatic heterocycles. The van der Waals surface area contributed by atoms with Crippen molar-refractivity contribution in [1.29, 1.82) is 0 Å². The first-order valence-corrected chi connectivity index (χ1v) is 6.37. The summed E-state index contributed by atoms with van der Waals surface area (Å²) in [7, 11) is 0. The summed E-state index contributed by atoms with van der Waals surface area (Å²) in [5.74, 6) is 1.10. The standard InChI is InChI=1S/C11H13ClN6/c12-9-14-10(17-6-2-1-3-7-17)16-11(15-9)18-8-4-5-13-18/h4-5,8H,1-3,6-7H2. The van der Waals surface area contributed by atoms with Gasteiger partial charge < -0.3 is 4.90 Å². The number of anilines is 1. The third kappa shape index (κ3) is 2.28. The van der Waals surface area contributed by atoms with Gasteiger partial charge in [0.25, 0.3) is 5.95 Å². The molecule has 0 atom stereocenters. The van der Waals surface area contributed by atoms with Crippen LogP contribution in [0.1, 0.15) is 19.3 Å². The van der Waals surface area contributed by atoms with Gasteiger partial charge in [0.2, 0.25) is 11.2 Å². The van der Waals surface area contributed by atoms with Crippen molar-refractivity contribution in [3.05, 3.63) is 23.7 Å². The van der Waals surface area contributed by atoms with Crippen LogP contribution in [0.3, 0.4) is 0 Å². The Labute approximate surface area is 110 Å². The van der Waals surface area contributed by atoms with Crippen molar-refractivity contribution in [2.45, 2.75) is 19.3 Å². The van der Waals surface area contributed by atoms with Crippen LogP contribution in [-0.4, -0.2) is 37.8 Å². The van der Waals surface area contributed by atoms with Crippen molar-refractivity contribution in [3.63, 3.8) is 0 Å². The number of piperidine rings is 1. The van der Waals surface area contributed by atoms with Crippen molar-refractivity contribution < 1.29 is 0 Å². The molecule has 0 saturated carbocycles. The van der Waals surface area contributed by atoms with Gasteiger partial charge in [0.05, 0.1) is 0 Å². The lowest BCUT2D eigenvalue weighted by Gasteiger charge is -2.26. The van der Waals surface area contributed by atoms with E-state index in [9.17, 15) is 0 Å². The molecule has 18 heavy (non-hydrogen) atoms. The summed E-state index contributed by atoms with van der Waals surface area (Å²) in [6, 6.07) is 1.82. The van der Waals surface area contributed by atoms with Crippen molar-refractivity contribution in [1.82, 2.24) is 24.7 Å². The van der Waals surface area contributed by atoms with Crippen LogP contribution in [0.25, 0.3) is 5.95 Å². The molecule has 1 aliphatic rings. The molecule has 0 bridgehead atoms. The van der Waals surface area contributed by atoms with Crippen LogP contribution in [0.5, 0.6) is 0 Å². The van der Waals surface area contributed by atoms with Gasteiger partial charge in [0, 0.05) is 25.5 Å². The molecule has 0 unspecified atom stereocenters. The maximum absolute atomic E-state index is 5.96. The highest BCUT2D eigenvalue weighted by molar-refractivity contribution is 6.28. The molecule has 6 nitrogen and oxygen atoms in total. The summed E-state index contributed by atoms with van der Waals surface area (Å²) in [5, 5.41) is 4.31. The zero-order valence-corrected chi connectivity index (χ0v) is 10.6. The second-order valence-electron chi connectivity index (χ2n) is 4.20. The number of rotatable bonds is 2. The summed E-state index contributed by atoms with van der Waals surface area (Å²) >= 11 is 5.96. The predicted octanol–water partition coefficient (Wildman–Crippen LogP) is 1.70. The average Bonchev–Trinajstić information content (AvgIpc) is 2.93. The second-order valence-corrected chi connectivity index (χ2v) is 4.54. The van der Waals surface area contributed by atoms with Crippen LogP contribution in [0.15, 0.2) is 18.5 Å². The Morgan fingerprint density at radius 1 is 1.00 bits per heavy atom. The van der Waals surface area contributed by atoms with Gasteiger partial charge in [-0.3, -0.25) is 0 Å². The van der Waals surface area contributed by atoms with Gasteiger partial charge in [-0.15, -0.1) is 0 Å². The predicted molar refractivity (Wildman–Crippen MR) is 68.0 cm³/mol. The van der Waals surface area contributed by atoms with Crippen LogP contribution in [-0.2, 0) is 0 Å². The van der Waals surface area contributed by atoms with Gasteiger partial charge in [-0.2, -0.15) is 20.1 Å². The molecule has 3 rings (SSSR count). The summed E-state index contributed by atoms with van der Waals surface area (Å²) in [6.07, 6.45) is 7.06. The van der Waals surface area contributed by atoms with E-state index in [1.165, 1.54) is 19.3 Å². The second kappa shape index (κ2) is 4.89. The Hall–Kier alpha value is -1.69. The minimum atomic E-state index is 0.205. The fourth-order valence-corrected chi connectivity index (χ4v) is 2.21. The minimum absolute atomic E-state index is 0.205. The highest BCUT2D eigenvalue weighted by Gasteiger charge is 2.16. The van der Waals surface area contributed by atoms with Crippen molar-refractivity contribution >= 4 is 17.5 Å². The lowest BCUT2D eigenvalue weighted by atomic mass is 10.1. The molecule has 1 fully saturated rings. The Kier molecular flexibility index (Phi) is 3.10. The number of hydrogen-bond acceptors (Lipinski definition) is 5. The first-order valence-electron chi connectivity index (χ1n) is 5.99. The summed E-state index contributed by atoms with van der Waals surface area (Å²) in [6.45, 7) is 1.94. The number of hydrogen-bond donors (Lipinski definition) is 0. The fraction of sp³-hybridized carbons (Fsp3) is 0.455. The maximum atomic E-state index is 5.96. The average molecular weight is 265 g/mol. The molecule has 0 spiro atoms. The molecule has 7 heteroatoms. The van der Waals surface area contributed by atoms with Gasteiger partial charge in [-0.1, -0.05) is 0 Å².